The Hall–Kier alpha value is -0.220. The largest absolute Gasteiger partial charge is 0.353 e. The minimum atomic E-state index is 0.155. The zero-order chi connectivity index (χ0) is 9.68. The number of hydrogen-bond donors (Lipinski definition) is 1. The van der Waals surface area contributed by atoms with E-state index >= 15 is 0 Å². The Morgan fingerprint density at radius 3 is 2.62 bits per heavy atom. The Kier molecular flexibility index (Phi) is 4.59. The van der Waals surface area contributed by atoms with Crippen LogP contribution < -0.4 is 5.32 Å². The van der Waals surface area contributed by atoms with E-state index in [0.29, 0.717) is 6.54 Å². The lowest BCUT2D eigenvalue weighted by molar-refractivity contribution is -0.122. The lowest BCUT2D eigenvalue weighted by Gasteiger charge is -2.25. The second-order valence-electron chi connectivity index (χ2n) is 3.61. The molecule has 0 unspecified atom stereocenters. The van der Waals surface area contributed by atoms with E-state index in [1.54, 1.807) is 0 Å². The van der Waals surface area contributed by atoms with Crippen molar-refractivity contribution >= 4 is 17.7 Å². The normalized spacial score (nSPS) is 19.0. The summed E-state index contributed by atoms with van der Waals surface area (Å²) in [6.07, 6.45) is 0. The van der Waals surface area contributed by atoms with E-state index in [2.05, 4.69) is 10.2 Å². The molecule has 1 aliphatic heterocycles. The van der Waals surface area contributed by atoms with Gasteiger partial charge in [0, 0.05) is 30.6 Å². The molecule has 4 heteroatoms. The molecule has 1 saturated heterocycles. The summed E-state index contributed by atoms with van der Waals surface area (Å²) in [5.41, 5.74) is 0. The Morgan fingerprint density at radius 2 is 2.08 bits per heavy atom. The third-order valence-electron chi connectivity index (χ3n) is 1.92. The average Bonchev–Trinajstić information content (AvgIpc) is 2.04. The number of rotatable bonds is 3. The van der Waals surface area contributed by atoms with Crippen molar-refractivity contribution in [3.63, 3.8) is 0 Å². The van der Waals surface area contributed by atoms with E-state index in [4.69, 9.17) is 0 Å². The number of nitrogens with zero attached hydrogens (tertiary/aromatic N) is 1. The van der Waals surface area contributed by atoms with Gasteiger partial charge in [-0.15, -0.1) is 0 Å². The van der Waals surface area contributed by atoms with Crippen molar-refractivity contribution in [3.8, 4) is 0 Å². The Balaban J connectivity index is 2.18. The maximum Gasteiger partial charge on any atom is 0.234 e. The van der Waals surface area contributed by atoms with E-state index in [0.717, 1.165) is 24.6 Å². The fraction of sp³-hybridized carbons (Fsp3) is 0.889. The van der Waals surface area contributed by atoms with Gasteiger partial charge in [-0.2, -0.15) is 11.8 Å². The molecule has 0 saturated carbocycles. The van der Waals surface area contributed by atoms with Crippen LogP contribution in [0.2, 0.25) is 0 Å². The standard InChI is InChI=1S/C9H18N2OS/c1-8(2)10-9(12)7-11-3-5-13-6-4-11/h8H,3-7H2,1-2H3,(H,10,12). The molecule has 1 amide bonds. The van der Waals surface area contributed by atoms with E-state index in [1.807, 2.05) is 25.6 Å². The predicted octanol–water partition coefficient (Wildman–Crippen LogP) is 0.560. The van der Waals surface area contributed by atoms with E-state index in [1.165, 1.54) is 0 Å². The first-order chi connectivity index (χ1) is 6.18. The third kappa shape index (κ3) is 4.52. The summed E-state index contributed by atoms with van der Waals surface area (Å²) in [6.45, 7) is 6.65. The molecule has 0 aromatic carbocycles. The molecule has 1 heterocycles. The van der Waals surface area contributed by atoms with E-state index < -0.39 is 0 Å². The van der Waals surface area contributed by atoms with Crippen molar-refractivity contribution in [1.29, 1.82) is 0 Å². The summed E-state index contributed by atoms with van der Waals surface area (Å²) in [7, 11) is 0. The van der Waals surface area contributed by atoms with Crippen LogP contribution in [0, 0.1) is 0 Å². The van der Waals surface area contributed by atoms with Gasteiger partial charge in [0.1, 0.15) is 0 Å². The van der Waals surface area contributed by atoms with Gasteiger partial charge in [-0.3, -0.25) is 9.69 Å². The maximum absolute atomic E-state index is 11.4. The molecule has 0 spiro atoms. The molecule has 1 N–H and O–H groups in total. The minimum Gasteiger partial charge on any atom is -0.353 e. The van der Waals surface area contributed by atoms with Crippen molar-refractivity contribution in [2.75, 3.05) is 31.1 Å². The van der Waals surface area contributed by atoms with Crippen LogP contribution in [0.4, 0.5) is 0 Å². The predicted molar refractivity (Wildman–Crippen MR) is 57.0 cm³/mol. The van der Waals surface area contributed by atoms with Crippen molar-refractivity contribution < 1.29 is 4.79 Å². The van der Waals surface area contributed by atoms with Crippen LogP contribution in [0.15, 0.2) is 0 Å². The molecule has 1 aliphatic rings. The van der Waals surface area contributed by atoms with Gasteiger partial charge < -0.3 is 5.32 Å². The third-order valence-corrected chi connectivity index (χ3v) is 2.86. The molecule has 1 fully saturated rings. The quantitative estimate of drug-likeness (QED) is 0.726. The minimum absolute atomic E-state index is 0.155. The summed E-state index contributed by atoms with van der Waals surface area (Å²) in [5.74, 6) is 2.48. The van der Waals surface area contributed by atoms with Gasteiger partial charge >= 0.3 is 0 Å². The average molecular weight is 202 g/mol. The highest BCUT2D eigenvalue weighted by molar-refractivity contribution is 7.99. The highest BCUT2D eigenvalue weighted by atomic mass is 32.2. The fourth-order valence-electron chi connectivity index (χ4n) is 1.33. The summed E-state index contributed by atoms with van der Waals surface area (Å²) in [5, 5.41) is 2.90. The van der Waals surface area contributed by atoms with E-state index in [-0.39, 0.29) is 11.9 Å². The molecule has 0 aromatic heterocycles. The first-order valence-corrected chi connectivity index (χ1v) is 5.93. The van der Waals surface area contributed by atoms with Crippen LogP contribution in [0.1, 0.15) is 13.8 Å². The van der Waals surface area contributed by atoms with E-state index in [9.17, 15) is 4.79 Å². The molecule has 0 radical (unpaired) electrons. The lowest BCUT2D eigenvalue weighted by atomic mass is 10.3. The van der Waals surface area contributed by atoms with Gasteiger partial charge in [0.25, 0.3) is 0 Å². The summed E-state index contributed by atoms with van der Waals surface area (Å²) in [4.78, 5) is 13.6. The molecule has 0 atom stereocenters. The molecule has 0 aromatic rings. The Labute approximate surface area is 84.2 Å². The molecule has 13 heavy (non-hydrogen) atoms. The zero-order valence-electron chi connectivity index (χ0n) is 8.38. The molecule has 76 valence electrons. The highest BCUT2D eigenvalue weighted by Gasteiger charge is 2.13. The SMILES string of the molecule is CC(C)NC(=O)CN1CCSCC1. The van der Waals surface area contributed by atoms with Gasteiger partial charge in [-0.05, 0) is 13.8 Å². The second kappa shape index (κ2) is 5.50. The molecule has 3 nitrogen and oxygen atoms in total. The lowest BCUT2D eigenvalue weighted by Crippen LogP contribution is -2.43. The molecule has 1 rings (SSSR count). The number of carbonyl (C=O) groups is 1. The van der Waals surface area contributed by atoms with Crippen LogP contribution >= 0.6 is 11.8 Å². The topological polar surface area (TPSA) is 32.3 Å². The Bertz CT molecular complexity index is 167. The first kappa shape index (κ1) is 10.9. The summed E-state index contributed by atoms with van der Waals surface area (Å²) >= 11 is 1.97. The number of nitrogens with one attached hydrogen (secondary N) is 1. The van der Waals surface area contributed by atoms with Crippen LogP contribution in [0.5, 0.6) is 0 Å². The summed E-state index contributed by atoms with van der Waals surface area (Å²) < 4.78 is 0. The second-order valence-corrected chi connectivity index (χ2v) is 4.84. The van der Waals surface area contributed by atoms with Crippen LogP contribution in [0.25, 0.3) is 0 Å². The van der Waals surface area contributed by atoms with Crippen molar-refractivity contribution in [1.82, 2.24) is 10.2 Å². The maximum atomic E-state index is 11.4. The zero-order valence-corrected chi connectivity index (χ0v) is 9.19. The van der Waals surface area contributed by atoms with Crippen LogP contribution in [0.3, 0.4) is 0 Å². The monoisotopic (exact) mass is 202 g/mol. The number of amides is 1. The Morgan fingerprint density at radius 1 is 1.46 bits per heavy atom. The molecule has 0 bridgehead atoms. The van der Waals surface area contributed by atoms with Crippen molar-refractivity contribution in [2.24, 2.45) is 0 Å². The number of thioether (sulfide) groups is 1. The number of carbonyl (C=O) groups excluding carboxylic acids is 1. The highest BCUT2D eigenvalue weighted by Crippen LogP contribution is 2.08. The van der Waals surface area contributed by atoms with Gasteiger partial charge in [0.2, 0.25) is 5.91 Å². The van der Waals surface area contributed by atoms with Gasteiger partial charge in [0.15, 0.2) is 0 Å². The smallest absolute Gasteiger partial charge is 0.234 e. The van der Waals surface area contributed by atoms with Crippen LogP contribution in [-0.4, -0.2) is 48.0 Å². The fourth-order valence-corrected chi connectivity index (χ4v) is 2.31. The van der Waals surface area contributed by atoms with Crippen molar-refractivity contribution in [2.45, 2.75) is 19.9 Å². The first-order valence-electron chi connectivity index (χ1n) is 4.78. The van der Waals surface area contributed by atoms with Gasteiger partial charge in [-0.1, -0.05) is 0 Å². The molecular weight excluding hydrogens is 184 g/mol. The summed E-state index contributed by atoms with van der Waals surface area (Å²) in [6, 6.07) is 0.256. The van der Waals surface area contributed by atoms with Gasteiger partial charge in [0.05, 0.1) is 6.54 Å². The molecular formula is C9H18N2OS. The van der Waals surface area contributed by atoms with Gasteiger partial charge in [-0.25, -0.2) is 0 Å². The van der Waals surface area contributed by atoms with Crippen molar-refractivity contribution in [3.05, 3.63) is 0 Å². The molecule has 0 aliphatic carbocycles. The number of hydrogen-bond acceptors (Lipinski definition) is 3. The van der Waals surface area contributed by atoms with Crippen LogP contribution in [-0.2, 0) is 4.79 Å².